The molecule has 3 amide bonds. The molecule has 0 radical (unpaired) electrons. The van der Waals surface area contributed by atoms with Gasteiger partial charge in [0.2, 0.25) is 5.91 Å². The summed E-state index contributed by atoms with van der Waals surface area (Å²) in [6, 6.07) is 5.38. The Kier molecular flexibility index (Phi) is 5.05. The molecule has 2 saturated heterocycles. The molecule has 2 aromatic rings. The van der Waals surface area contributed by atoms with Crippen LogP contribution < -0.4 is 5.69 Å². The maximum atomic E-state index is 12.7. The molecule has 3 heterocycles. The standard InChI is InChI=1S/C19H20N4O5S/c1-20-13-4-3-12(9-14(13)21(2)18(20)26)10-15-17(25)23(19(27)29-15)11-16(24)22-5-7-28-8-6-22/h3-4,9-10H,5-8,11H2,1-2H3/b15-10-. The van der Waals surface area contributed by atoms with Gasteiger partial charge in [-0.2, -0.15) is 0 Å². The molecule has 152 valence electrons. The number of thioether (sulfide) groups is 1. The van der Waals surface area contributed by atoms with Gasteiger partial charge < -0.3 is 9.64 Å². The van der Waals surface area contributed by atoms with E-state index in [1.165, 1.54) is 4.57 Å². The fourth-order valence-electron chi connectivity index (χ4n) is 3.45. The minimum absolute atomic E-state index is 0.140. The van der Waals surface area contributed by atoms with Gasteiger partial charge in [0.25, 0.3) is 11.1 Å². The Morgan fingerprint density at radius 1 is 1.10 bits per heavy atom. The quantitative estimate of drug-likeness (QED) is 0.687. The Labute approximate surface area is 170 Å². The third kappa shape index (κ3) is 3.49. The zero-order valence-electron chi connectivity index (χ0n) is 16.1. The smallest absolute Gasteiger partial charge is 0.328 e. The maximum absolute atomic E-state index is 12.7. The third-order valence-electron chi connectivity index (χ3n) is 5.12. The van der Waals surface area contributed by atoms with E-state index in [9.17, 15) is 19.2 Å². The van der Waals surface area contributed by atoms with Gasteiger partial charge in [0.15, 0.2) is 0 Å². The van der Waals surface area contributed by atoms with Gasteiger partial charge in [-0.3, -0.25) is 28.4 Å². The summed E-state index contributed by atoms with van der Waals surface area (Å²) < 4.78 is 8.29. The average Bonchev–Trinajstić information content (AvgIpc) is 3.11. The molecule has 10 heteroatoms. The summed E-state index contributed by atoms with van der Waals surface area (Å²) in [5, 5.41) is -0.462. The highest BCUT2D eigenvalue weighted by Crippen LogP contribution is 2.32. The van der Waals surface area contributed by atoms with Crippen molar-refractivity contribution in [1.29, 1.82) is 0 Å². The molecule has 4 rings (SSSR count). The van der Waals surface area contributed by atoms with E-state index in [2.05, 4.69) is 0 Å². The van der Waals surface area contributed by atoms with Gasteiger partial charge >= 0.3 is 5.69 Å². The normalized spacial score (nSPS) is 19.0. The average molecular weight is 416 g/mol. The van der Waals surface area contributed by atoms with Crippen molar-refractivity contribution in [2.24, 2.45) is 14.1 Å². The van der Waals surface area contributed by atoms with E-state index in [0.717, 1.165) is 27.7 Å². The molecule has 9 nitrogen and oxygen atoms in total. The molecule has 1 aromatic heterocycles. The monoisotopic (exact) mass is 416 g/mol. The van der Waals surface area contributed by atoms with Crippen LogP contribution in [0, 0.1) is 0 Å². The molecule has 29 heavy (non-hydrogen) atoms. The summed E-state index contributed by atoms with van der Waals surface area (Å²) in [5.41, 5.74) is 2.06. The van der Waals surface area contributed by atoms with Crippen LogP contribution in [-0.4, -0.2) is 68.8 Å². The lowest BCUT2D eigenvalue weighted by atomic mass is 10.2. The SMILES string of the molecule is Cn1c(=O)n(C)c2cc(/C=C3\SC(=O)N(CC(=O)N4CCOCC4)C3=O)ccc21. The fraction of sp³-hybridized carbons (Fsp3) is 0.368. The number of aromatic nitrogens is 2. The van der Waals surface area contributed by atoms with Crippen molar-refractivity contribution in [1.82, 2.24) is 18.9 Å². The highest BCUT2D eigenvalue weighted by molar-refractivity contribution is 8.18. The number of carbonyl (C=O) groups excluding carboxylic acids is 3. The Balaban J connectivity index is 1.56. The van der Waals surface area contributed by atoms with Crippen LogP contribution in [0.15, 0.2) is 27.9 Å². The first-order chi connectivity index (χ1) is 13.9. The highest BCUT2D eigenvalue weighted by atomic mass is 32.2. The molecule has 0 N–H and O–H groups in total. The van der Waals surface area contributed by atoms with E-state index in [4.69, 9.17) is 4.74 Å². The molecule has 0 aliphatic carbocycles. The number of amides is 3. The summed E-state index contributed by atoms with van der Waals surface area (Å²) in [7, 11) is 3.38. The Hall–Kier alpha value is -2.85. The number of nitrogens with zero attached hydrogens (tertiary/aromatic N) is 4. The largest absolute Gasteiger partial charge is 0.378 e. The lowest BCUT2D eigenvalue weighted by Crippen LogP contribution is -2.46. The number of morpholine rings is 1. The van der Waals surface area contributed by atoms with Gasteiger partial charge in [-0.05, 0) is 35.5 Å². The number of imide groups is 1. The number of hydrogen-bond acceptors (Lipinski definition) is 6. The van der Waals surface area contributed by atoms with Crippen LogP contribution in [0.2, 0.25) is 0 Å². The van der Waals surface area contributed by atoms with Crippen LogP contribution in [0.4, 0.5) is 4.79 Å². The minimum atomic E-state index is -0.483. The van der Waals surface area contributed by atoms with E-state index >= 15 is 0 Å². The summed E-state index contributed by atoms with van der Waals surface area (Å²) in [5.74, 6) is -0.749. The number of imidazole rings is 1. The first kappa shape index (κ1) is 19.5. The van der Waals surface area contributed by atoms with E-state index in [0.29, 0.717) is 31.9 Å². The van der Waals surface area contributed by atoms with Crippen molar-refractivity contribution in [3.05, 3.63) is 39.2 Å². The van der Waals surface area contributed by atoms with Crippen molar-refractivity contribution >= 4 is 45.9 Å². The second kappa shape index (κ2) is 7.53. The van der Waals surface area contributed by atoms with E-state index in [1.54, 1.807) is 47.8 Å². The van der Waals surface area contributed by atoms with Crippen molar-refractivity contribution in [2.45, 2.75) is 0 Å². The summed E-state index contributed by atoms with van der Waals surface area (Å²) in [6.07, 6.45) is 1.61. The Morgan fingerprint density at radius 2 is 1.79 bits per heavy atom. The number of aryl methyl sites for hydroxylation is 2. The first-order valence-electron chi connectivity index (χ1n) is 9.13. The van der Waals surface area contributed by atoms with Crippen molar-refractivity contribution < 1.29 is 19.1 Å². The number of ether oxygens (including phenoxy) is 1. The second-order valence-corrected chi connectivity index (χ2v) is 7.90. The molecule has 0 unspecified atom stereocenters. The predicted molar refractivity (Wildman–Crippen MR) is 108 cm³/mol. The molecule has 2 aliphatic rings. The van der Waals surface area contributed by atoms with E-state index in [1.807, 2.05) is 0 Å². The van der Waals surface area contributed by atoms with Crippen molar-refractivity contribution in [3.8, 4) is 0 Å². The number of fused-ring (bicyclic) bond motifs is 1. The molecule has 0 spiro atoms. The Bertz CT molecular complexity index is 1110. The topological polar surface area (TPSA) is 93.8 Å². The first-order valence-corrected chi connectivity index (χ1v) is 9.95. The van der Waals surface area contributed by atoms with Gasteiger partial charge in [0.1, 0.15) is 6.54 Å². The Morgan fingerprint density at radius 3 is 2.52 bits per heavy atom. The van der Waals surface area contributed by atoms with Crippen molar-refractivity contribution in [2.75, 3.05) is 32.8 Å². The zero-order valence-corrected chi connectivity index (χ0v) is 16.9. The van der Waals surface area contributed by atoms with Crippen LogP contribution >= 0.6 is 11.8 Å². The number of benzene rings is 1. The number of hydrogen-bond donors (Lipinski definition) is 0. The molecule has 0 atom stereocenters. The molecular weight excluding hydrogens is 396 g/mol. The second-order valence-electron chi connectivity index (χ2n) is 6.91. The summed E-state index contributed by atoms with van der Waals surface area (Å²) >= 11 is 0.813. The number of carbonyl (C=O) groups is 3. The van der Waals surface area contributed by atoms with Crippen LogP contribution in [-0.2, 0) is 28.4 Å². The summed E-state index contributed by atoms with van der Waals surface area (Å²) in [4.78, 5) is 52.3. The molecular formula is C19H20N4O5S. The van der Waals surface area contributed by atoms with Gasteiger partial charge in [0.05, 0.1) is 29.2 Å². The van der Waals surface area contributed by atoms with Crippen LogP contribution in [0.25, 0.3) is 17.1 Å². The van der Waals surface area contributed by atoms with Gasteiger partial charge in [0, 0.05) is 27.2 Å². The molecule has 2 aliphatic heterocycles. The summed E-state index contributed by atoms with van der Waals surface area (Å²) in [6.45, 7) is 1.56. The lowest BCUT2D eigenvalue weighted by Gasteiger charge is -2.28. The maximum Gasteiger partial charge on any atom is 0.328 e. The predicted octanol–water partition coefficient (Wildman–Crippen LogP) is 0.772. The van der Waals surface area contributed by atoms with E-state index < -0.39 is 11.1 Å². The van der Waals surface area contributed by atoms with Crippen molar-refractivity contribution in [3.63, 3.8) is 0 Å². The molecule has 1 aromatic carbocycles. The zero-order chi connectivity index (χ0) is 20.7. The minimum Gasteiger partial charge on any atom is -0.378 e. The lowest BCUT2D eigenvalue weighted by molar-refractivity contribution is -0.139. The van der Waals surface area contributed by atoms with E-state index in [-0.39, 0.29) is 23.0 Å². The van der Waals surface area contributed by atoms with Crippen LogP contribution in [0.5, 0.6) is 0 Å². The molecule has 0 bridgehead atoms. The fourth-order valence-corrected chi connectivity index (χ4v) is 4.29. The van der Waals surface area contributed by atoms with Gasteiger partial charge in [-0.1, -0.05) is 6.07 Å². The van der Waals surface area contributed by atoms with Gasteiger partial charge in [-0.25, -0.2) is 4.79 Å². The number of rotatable bonds is 3. The molecule has 0 saturated carbocycles. The third-order valence-corrected chi connectivity index (χ3v) is 6.03. The van der Waals surface area contributed by atoms with Crippen LogP contribution in [0.1, 0.15) is 5.56 Å². The molecule has 2 fully saturated rings. The van der Waals surface area contributed by atoms with Gasteiger partial charge in [-0.15, -0.1) is 0 Å². The highest BCUT2D eigenvalue weighted by Gasteiger charge is 2.37. The van der Waals surface area contributed by atoms with Crippen LogP contribution in [0.3, 0.4) is 0 Å².